The maximum Gasteiger partial charge on any atom is 0.307 e. The molecule has 2 nitrogen and oxygen atoms in total. The van der Waals surface area contributed by atoms with E-state index in [0.717, 1.165) is 16.1 Å². The molecule has 0 aliphatic heterocycles. The van der Waals surface area contributed by atoms with Gasteiger partial charge in [0.1, 0.15) is 0 Å². The number of rotatable bonds is 3. The molecule has 4 heteroatoms. The summed E-state index contributed by atoms with van der Waals surface area (Å²) in [5, 5.41) is 0. The lowest BCUT2D eigenvalue weighted by molar-refractivity contribution is 0.743. The Hall–Kier alpha value is -0.480. The van der Waals surface area contributed by atoms with Gasteiger partial charge in [-0.3, -0.25) is 9.36 Å². The zero-order valence-electron chi connectivity index (χ0n) is 7.83. The van der Waals surface area contributed by atoms with Crippen molar-refractivity contribution in [2.24, 2.45) is 0 Å². The Kier molecular flexibility index (Phi) is 3.39. The van der Waals surface area contributed by atoms with Crippen LogP contribution >= 0.6 is 24.0 Å². The predicted molar refractivity (Wildman–Crippen MR) is 61.0 cm³/mol. The van der Waals surface area contributed by atoms with Crippen molar-refractivity contribution >= 4 is 24.0 Å². The molecule has 0 bridgehead atoms. The number of aryl methyl sites for hydroxylation is 1. The number of nitrogens with zero attached hydrogens (tertiary/aromatic N) is 1. The molecule has 0 fully saturated rings. The molecule has 0 amide bonds. The zero-order valence-corrected chi connectivity index (χ0v) is 9.54. The minimum Gasteiger partial charge on any atom is -0.299 e. The molecule has 0 saturated heterocycles. The fourth-order valence-electron chi connectivity index (χ4n) is 1.04. The molecule has 0 spiro atoms. The quantitative estimate of drug-likeness (QED) is 0.604. The van der Waals surface area contributed by atoms with E-state index in [1.165, 1.54) is 11.3 Å². The Morgan fingerprint density at radius 1 is 1.62 bits per heavy atom. The maximum atomic E-state index is 11.4. The van der Waals surface area contributed by atoms with Gasteiger partial charge in [0.2, 0.25) is 0 Å². The summed E-state index contributed by atoms with van der Waals surface area (Å²) in [4.78, 5) is 12.6. The van der Waals surface area contributed by atoms with Gasteiger partial charge in [-0.25, -0.2) is 0 Å². The standard InChI is InChI=1S/C9H13NOS2/c1-6(5-12)4-10-7(2)8(3)13-9(10)11/h12H,1,4-5H2,2-3H3. The molecular weight excluding hydrogens is 202 g/mol. The Morgan fingerprint density at radius 3 is 2.62 bits per heavy atom. The van der Waals surface area contributed by atoms with Crippen LogP contribution in [0.3, 0.4) is 0 Å². The van der Waals surface area contributed by atoms with Crippen LogP contribution in [0.25, 0.3) is 0 Å². The van der Waals surface area contributed by atoms with Crippen molar-refractivity contribution in [3.8, 4) is 0 Å². The summed E-state index contributed by atoms with van der Waals surface area (Å²) >= 11 is 5.40. The van der Waals surface area contributed by atoms with Crippen molar-refractivity contribution in [2.45, 2.75) is 20.4 Å². The normalized spacial score (nSPS) is 10.4. The van der Waals surface area contributed by atoms with Crippen molar-refractivity contribution in [2.75, 3.05) is 5.75 Å². The summed E-state index contributed by atoms with van der Waals surface area (Å²) in [5.74, 6) is 0.626. The first-order valence-corrected chi connectivity index (χ1v) is 5.45. The fraction of sp³-hybridized carbons (Fsp3) is 0.444. The van der Waals surface area contributed by atoms with Crippen LogP contribution in [0, 0.1) is 13.8 Å². The topological polar surface area (TPSA) is 22.0 Å². The van der Waals surface area contributed by atoms with E-state index in [9.17, 15) is 4.79 Å². The summed E-state index contributed by atoms with van der Waals surface area (Å²) in [6.07, 6.45) is 0. The molecule has 0 aromatic carbocycles. The highest BCUT2D eigenvalue weighted by Crippen LogP contribution is 2.10. The van der Waals surface area contributed by atoms with Crippen LogP contribution in [-0.2, 0) is 6.54 Å². The summed E-state index contributed by atoms with van der Waals surface area (Å²) in [6.45, 7) is 8.34. The van der Waals surface area contributed by atoms with E-state index in [-0.39, 0.29) is 4.87 Å². The lowest BCUT2D eigenvalue weighted by atomic mass is 10.3. The minimum atomic E-state index is 0.0953. The summed E-state index contributed by atoms with van der Waals surface area (Å²) in [7, 11) is 0. The van der Waals surface area contributed by atoms with Crippen LogP contribution in [0.5, 0.6) is 0 Å². The number of thiol groups is 1. The van der Waals surface area contributed by atoms with Gasteiger partial charge in [-0.15, -0.1) is 0 Å². The summed E-state index contributed by atoms with van der Waals surface area (Å²) in [5.41, 5.74) is 2.00. The van der Waals surface area contributed by atoms with Gasteiger partial charge in [0.15, 0.2) is 0 Å². The third-order valence-electron chi connectivity index (χ3n) is 1.98. The van der Waals surface area contributed by atoms with Crippen LogP contribution in [0.4, 0.5) is 0 Å². The SMILES string of the molecule is C=C(CS)Cn1c(C)c(C)sc1=O. The van der Waals surface area contributed by atoms with Gasteiger partial charge >= 0.3 is 4.87 Å². The average molecular weight is 215 g/mol. The van der Waals surface area contributed by atoms with E-state index in [1.807, 2.05) is 13.8 Å². The first-order chi connectivity index (χ1) is 6.06. The van der Waals surface area contributed by atoms with Crippen molar-refractivity contribution < 1.29 is 0 Å². The average Bonchev–Trinajstić information content (AvgIpc) is 2.32. The maximum absolute atomic E-state index is 11.4. The highest BCUT2D eigenvalue weighted by Gasteiger charge is 2.07. The third kappa shape index (κ3) is 2.25. The first kappa shape index (κ1) is 10.6. The van der Waals surface area contributed by atoms with E-state index in [1.54, 1.807) is 4.57 Å². The lowest BCUT2D eigenvalue weighted by Gasteiger charge is -2.05. The minimum absolute atomic E-state index is 0.0953. The molecule has 0 radical (unpaired) electrons. The molecule has 1 rings (SSSR count). The monoisotopic (exact) mass is 215 g/mol. The van der Waals surface area contributed by atoms with Crippen molar-refractivity contribution in [1.29, 1.82) is 0 Å². The number of hydrogen-bond acceptors (Lipinski definition) is 3. The molecule has 0 atom stereocenters. The number of thiazole rings is 1. The van der Waals surface area contributed by atoms with E-state index in [2.05, 4.69) is 19.2 Å². The molecular formula is C9H13NOS2. The second-order valence-electron chi connectivity index (χ2n) is 3.00. The van der Waals surface area contributed by atoms with Gasteiger partial charge < -0.3 is 0 Å². The molecule has 0 unspecified atom stereocenters. The van der Waals surface area contributed by atoms with Crippen LogP contribution < -0.4 is 4.87 Å². The van der Waals surface area contributed by atoms with Gasteiger partial charge in [-0.05, 0) is 19.4 Å². The Labute approximate surface area is 87.3 Å². The van der Waals surface area contributed by atoms with Gasteiger partial charge in [-0.1, -0.05) is 17.9 Å². The van der Waals surface area contributed by atoms with Crippen molar-refractivity contribution in [3.05, 3.63) is 32.4 Å². The smallest absolute Gasteiger partial charge is 0.299 e. The number of aromatic nitrogens is 1. The Bertz CT molecular complexity index is 375. The molecule has 0 aliphatic rings. The van der Waals surface area contributed by atoms with Gasteiger partial charge in [0.25, 0.3) is 0 Å². The van der Waals surface area contributed by atoms with E-state index in [0.29, 0.717) is 12.3 Å². The van der Waals surface area contributed by atoms with Crippen LogP contribution in [0.2, 0.25) is 0 Å². The first-order valence-electron chi connectivity index (χ1n) is 4.00. The largest absolute Gasteiger partial charge is 0.307 e. The molecule has 1 aromatic rings. The van der Waals surface area contributed by atoms with E-state index < -0.39 is 0 Å². The second kappa shape index (κ2) is 4.15. The lowest BCUT2D eigenvalue weighted by Crippen LogP contribution is -2.16. The number of hydrogen-bond donors (Lipinski definition) is 1. The molecule has 1 aromatic heterocycles. The molecule has 1 heterocycles. The van der Waals surface area contributed by atoms with Crippen LogP contribution in [0.1, 0.15) is 10.6 Å². The fourth-order valence-corrected chi connectivity index (χ4v) is 1.98. The van der Waals surface area contributed by atoms with Crippen LogP contribution in [-0.4, -0.2) is 10.3 Å². The molecule has 0 aliphatic carbocycles. The summed E-state index contributed by atoms with van der Waals surface area (Å²) < 4.78 is 1.75. The van der Waals surface area contributed by atoms with Crippen molar-refractivity contribution in [1.82, 2.24) is 4.57 Å². The predicted octanol–water partition coefficient (Wildman–Crippen LogP) is 2.01. The van der Waals surface area contributed by atoms with Gasteiger partial charge in [0, 0.05) is 22.9 Å². The van der Waals surface area contributed by atoms with Gasteiger partial charge in [0.05, 0.1) is 0 Å². The third-order valence-corrected chi connectivity index (χ3v) is 3.42. The summed E-state index contributed by atoms with van der Waals surface area (Å²) in [6, 6.07) is 0. The molecule has 0 saturated carbocycles. The van der Waals surface area contributed by atoms with Crippen LogP contribution in [0.15, 0.2) is 16.9 Å². The highest BCUT2D eigenvalue weighted by atomic mass is 32.1. The highest BCUT2D eigenvalue weighted by molar-refractivity contribution is 7.80. The Balaban J connectivity index is 3.01. The van der Waals surface area contributed by atoms with E-state index in [4.69, 9.17) is 0 Å². The van der Waals surface area contributed by atoms with Gasteiger partial charge in [-0.2, -0.15) is 12.6 Å². The molecule has 0 N–H and O–H groups in total. The molecule has 72 valence electrons. The Morgan fingerprint density at radius 2 is 2.23 bits per heavy atom. The second-order valence-corrected chi connectivity index (χ2v) is 4.49. The molecule has 13 heavy (non-hydrogen) atoms. The zero-order chi connectivity index (χ0) is 10.0. The van der Waals surface area contributed by atoms with E-state index >= 15 is 0 Å². The van der Waals surface area contributed by atoms with Crippen molar-refractivity contribution in [3.63, 3.8) is 0 Å².